The number of benzene rings is 1. The molecule has 2 fully saturated rings. The number of nitrogens with one attached hydrogen (secondary N) is 1. The minimum atomic E-state index is 0. The normalized spacial score (nSPS) is 20.3. The first-order chi connectivity index (χ1) is 9.24. The summed E-state index contributed by atoms with van der Waals surface area (Å²) in [4.78, 5) is 2.67. The molecule has 21 heavy (non-hydrogen) atoms. The molecule has 2 nitrogen and oxygen atoms in total. The Morgan fingerprint density at radius 3 is 2.48 bits per heavy atom. The molecule has 1 N–H and O–H groups in total. The van der Waals surface area contributed by atoms with E-state index in [4.69, 9.17) is 0 Å². The van der Waals surface area contributed by atoms with Gasteiger partial charge < -0.3 is 5.32 Å². The average Bonchev–Trinajstić information content (AvgIpc) is 3.22. The van der Waals surface area contributed by atoms with Crippen molar-refractivity contribution in [2.24, 2.45) is 5.92 Å². The van der Waals surface area contributed by atoms with Crippen LogP contribution in [0.1, 0.15) is 36.4 Å². The van der Waals surface area contributed by atoms with Gasteiger partial charge in [0.15, 0.2) is 0 Å². The molecule has 1 saturated carbocycles. The van der Waals surface area contributed by atoms with Crippen LogP contribution in [0, 0.1) is 12.8 Å². The lowest BCUT2D eigenvalue weighted by molar-refractivity contribution is 0.160. The van der Waals surface area contributed by atoms with Crippen LogP contribution in [0.3, 0.4) is 0 Å². The number of rotatable bonds is 4. The third-order valence-corrected chi connectivity index (χ3v) is 5.05. The van der Waals surface area contributed by atoms with Crippen molar-refractivity contribution in [2.75, 3.05) is 26.2 Å². The van der Waals surface area contributed by atoms with Gasteiger partial charge in [-0.1, -0.05) is 40.9 Å². The maximum absolute atomic E-state index is 3.78. The molecule has 1 aromatic carbocycles. The van der Waals surface area contributed by atoms with Gasteiger partial charge in [-0.3, -0.25) is 4.90 Å². The predicted octanol–water partition coefficient (Wildman–Crippen LogP) is 4.35. The van der Waals surface area contributed by atoms with Crippen LogP contribution in [0.25, 0.3) is 0 Å². The Hall–Kier alpha value is 0.200. The van der Waals surface area contributed by atoms with Crippen molar-refractivity contribution in [3.63, 3.8) is 0 Å². The van der Waals surface area contributed by atoms with Gasteiger partial charge in [0.05, 0.1) is 0 Å². The summed E-state index contributed by atoms with van der Waals surface area (Å²) in [7, 11) is 0. The van der Waals surface area contributed by atoms with E-state index < -0.39 is 0 Å². The molecule has 1 saturated heterocycles. The second-order valence-electron chi connectivity index (χ2n) is 6.01. The van der Waals surface area contributed by atoms with Crippen LogP contribution in [0.2, 0.25) is 0 Å². The van der Waals surface area contributed by atoms with Crippen molar-refractivity contribution in [3.05, 3.63) is 33.8 Å². The largest absolute Gasteiger partial charge is 0.314 e. The van der Waals surface area contributed by atoms with Crippen molar-refractivity contribution in [2.45, 2.75) is 32.2 Å². The van der Waals surface area contributed by atoms with Gasteiger partial charge in [0.2, 0.25) is 0 Å². The Labute approximate surface area is 149 Å². The second kappa shape index (κ2) is 8.73. The smallest absolute Gasteiger partial charge is 0.0363 e. The van der Waals surface area contributed by atoms with Gasteiger partial charge in [-0.15, -0.1) is 24.8 Å². The maximum atomic E-state index is 3.78. The average molecular weight is 396 g/mol. The number of nitrogens with zero attached hydrogens (tertiary/aromatic N) is 1. The van der Waals surface area contributed by atoms with Crippen LogP contribution in [0.15, 0.2) is 22.7 Å². The highest BCUT2D eigenvalue weighted by molar-refractivity contribution is 9.10. The van der Waals surface area contributed by atoms with Crippen molar-refractivity contribution >= 4 is 40.7 Å². The second-order valence-corrected chi connectivity index (χ2v) is 6.86. The van der Waals surface area contributed by atoms with Crippen LogP contribution in [0.4, 0.5) is 0 Å². The summed E-state index contributed by atoms with van der Waals surface area (Å²) in [5, 5.41) is 3.46. The molecule has 1 aromatic rings. The highest BCUT2D eigenvalue weighted by Gasteiger charge is 2.31. The number of hydrogen-bond donors (Lipinski definition) is 1. The highest BCUT2D eigenvalue weighted by atomic mass is 79.9. The van der Waals surface area contributed by atoms with Crippen LogP contribution in [0.5, 0.6) is 0 Å². The Kier molecular flexibility index (Phi) is 8.00. The molecule has 120 valence electrons. The van der Waals surface area contributed by atoms with E-state index in [1.165, 1.54) is 48.0 Å². The lowest BCUT2D eigenvalue weighted by Crippen LogP contribution is -2.45. The summed E-state index contributed by atoms with van der Waals surface area (Å²) in [6.45, 7) is 6.78. The van der Waals surface area contributed by atoms with E-state index >= 15 is 0 Å². The predicted molar refractivity (Wildman–Crippen MR) is 97.9 cm³/mol. The molecule has 1 atom stereocenters. The number of hydrogen-bond acceptors (Lipinski definition) is 2. The van der Waals surface area contributed by atoms with E-state index in [0.717, 1.165) is 19.0 Å². The first-order valence-corrected chi connectivity index (χ1v) is 8.24. The Morgan fingerprint density at radius 1 is 1.24 bits per heavy atom. The van der Waals surface area contributed by atoms with Gasteiger partial charge in [-0.25, -0.2) is 0 Å². The van der Waals surface area contributed by atoms with Crippen molar-refractivity contribution in [1.29, 1.82) is 0 Å². The number of piperazine rings is 1. The fraction of sp³-hybridized carbons (Fsp3) is 0.625. The van der Waals surface area contributed by atoms with Gasteiger partial charge in [-0.2, -0.15) is 0 Å². The molecule has 0 amide bonds. The lowest BCUT2D eigenvalue weighted by Gasteiger charge is -2.36. The fourth-order valence-electron chi connectivity index (χ4n) is 3.04. The van der Waals surface area contributed by atoms with Crippen molar-refractivity contribution in [1.82, 2.24) is 10.2 Å². The first kappa shape index (κ1) is 19.2. The first-order valence-electron chi connectivity index (χ1n) is 7.45. The number of halogens is 3. The number of aryl methyl sites for hydroxylation is 1. The third-order valence-electron chi connectivity index (χ3n) is 4.36. The monoisotopic (exact) mass is 394 g/mol. The van der Waals surface area contributed by atoms with Gasteiger partial charge in [-0.05, 0) is 36.5 Å². The van der Waals surface area contributed by atoms with Crippen LogP contribution < -0.4 is 5.32 Å². The molecule has 1 aliphatic carbocycles. The van der Waals surface area contributed by atoms with Gasteiger partial charge in [0, 0.05) is 36.7 Å². The van der Waals surface area contributed by atoms with Gasteiger partial charge in [0.25, 0.3) is 0 Å². The molecule has 0 bridgehead atoms. The zero-order valence-corrected chi connectivity index (χ0v) is 15.7. The lowest BCUT2D eigenvalue weighted by atomic mass is 9.98. The topological polar surface area (TPSA) is 15.3 Å². The van der Waals surface area contributed by atoms with Crippen LogP contribution >= 0.6 is 40.7 Å². The van der Waals surface area contributed by atoms with Crippen LogP contribution in [-0.4, -0.2) is 31.1 Å². The van der Waals surface area contributed by atoms with E-state index in [1.807, 2.05) is 0 Å². The van der Waals surface area contributed by atoms with Gasteiger partial charge in [0.1, 0.15) is 0 Å². The molecule has 0 unspecified atom stereocenters. The molecule has 1 aliphatic heterocycles. The summed E-state index contributed by atoms with van der Waals surface area (Å²) in [6, 6.07) is 7.44. The fourth-order valence-corrected chi connectivity index (χ4v) is 3.80. The van der Waals surface area contributed by atoms with Crippen molar-refractivity contribution in [3.8, 4) is 0 Å². The minimum absolute atomic E-state index is 0. The third kappa shape index (κ3) is 5.11. The zero-order chi connectivity index (χ0) is 13.2. The van der Waals surface area contributed by atoms with E-state index in [0.29, 0.717) is 6.04 Å². The molecule has 0 radical (unpaired) electrons. The Morgan fingerprint density at radius 2 is 1.90 bits per heavy atom. The molecule has 0 aromatic heterocycles. The zero-order valence-electron chi connectivity index (χ0n) is 12.5. The maximum Gasteiger partial charge on any atom is 0.0363 e. The molecule has 2 aliphatic rings. The van der Waals surface area contributed by atoms with E-state index in [-0.39, 0.29) is 24.8 Å². The quantitative estimate of drug-likeness (QED) is 0.815. The minimum Gasteiger partial charge on any atom is -0.314 e. The van der Waals surface area contributed by atoms with E-state index in [1.54, 1.807) is 0 Å². The Bertz CT molecular complexity index is 446. The SMILES string of the molecule is Cc1ccc([C@H](CC2CC2)N2CCNCC2)c(Br)c1.Cl.Cl. The summed E-state index contributed by atoms with van der Waals surface area (Å²) in [5.41, 5.74) is 2.82. The highest BCUT2D eigenvalue weighted by Crippen LogP contribution is 2.41. The van der Waals surface area contributed by atoms with Crippen molar-refractivity contribution < 1.29 is 0 Å². The molecular formula is C16H25BrCl2N2. The molecule has 5 heteroatoms. The van der Waals surface area contributed by atoms with E-state index in [2.05, 4.69) is 51.3 Å². The molecular weight excluding hydrogens is 371 g/mol. The molecule has 1 heterocycles. The van der Waals surface area contributed by atoms with E-state index in [9.17, 15) is 0 Å². The van der Waals surface area contributed by atoms with Gasteiger partial charge >= 0.3 is 0 Å². The van der Waals surface area contributed by atoms with Crippen LogP contribution in [-0.2, 0) is 0 Å². The summed E-state index contributed by atoms with van der Waals surface area (Å²) >= 11 is 3.78. The summed E-state index contributed by atoms with van der Waals surface area (Å²) < 4.78 is 1.29. The standard InChI is InChI=1S/C16H23BrN2.2ClH/c1-12-2-5-14(15(17)10-12)16(11-13-3-4-13)19-8-6-18-7-9-19;;/h2,5,10,13,16,18H,3-4,6-9,11H2,1H3;2*1H/t16-;;/m0../s1. The molecule has 0 spiro atoms. The summed E-state index contributed by atoms with van der Waals surface area (Å²) in [6.07, 6.45) is 4.21. The Balaban J connectivity index is 0.00000110. The summed E-state index contributed by atoms with van der Waals surface area (Å²) in [5.74, 6) is 0.966. The molecule has 3 rings (SSSR count).